The molecule has 1 N–H and O–H groups in total. The Balaban J connectivity index is 0.00000101. The zero-order valence-corrected chi connectivity index (χ0v) is 16.4. The second-order valence-electron chi connectivity index (χ2n) is 5.99. The summed E-state index contributed by atoms with van der Waals surface area (Å²) in [6.07, 6.45) is 9.80. The van der Waals surface area contributed by atoms with Crippen LogP contribution >= 0.6 is 0 Å². The molecule has 0 fully saturated rings. The molecule has 2 heteroatoms. The average molecular weight is 481 g/mol. The van der Waals surface area contributed by atoms with E-state index in [1.165, 1.54) is 18.4 Å². The normalized spacial score (nSPS) is 16.4. The molecule has 3 rings (SSSR count). The first-order valence-electron chi connectivity index (χ1n) is 8.28. The predicted octanol–water partition coefficient (Wildman–Crippen LogP) is 6.18. The van der Waals surface area contributed by atoms with E-state index in [0.29, 0.717) is 11.7 Å². The zero-order chi connectivity index (χ0) is 17.4. The van der Waals surface area contributed by atoms with Crippen molar-refractivity contribution < 1.29 is 42.8 Å². The molecule has 0 spiro atoms. The molecular weight excluding hydrogens is 457 g/mol. The molecule has 135 valence electrons. The van der Waals surface area contributed by atoms with Crippen molar-refractivity contribution in [2.24, 2.45) is 0 Å². The Labute approximate surface area is 181 Å². The standard InChI is InChI=1S/C21H21O.C2H3.Ho/c1-16-6-5-9-19(14-16)20-13-12-18(15-21(20)22)11-10-17-7-3-2-4-8-17;1-2;/h2-4,7-8,10-12,14-15,19,22H,5-6,9H2,1H3;1H,2H2;/q2*-1;/b11-10+;;. The Kier molecular flexibility index (Phi) is 9.89. The van der Waals surface area contributed by atoms with Gasteiger partial charge in [-0.15, -0.1) is 23.3 Å². The first-order chi connectivity index (χ1) is 11.7. The first kappa shape index (κ1) is 21.8. The van der Waals surface area contributed by atoms with Crippen molar-refractivity contribution in [1.82, 2.24) is 0 Å². The fraction of sp³-hybridized carbons (Fsp3) is 0.217. The van der Waals surface area contributed by atoms with Crippen LogP contribution in [0, 0.1) is 50.4 Å². The number of phenols is 1. The Bertz CT molecular complexity index is 716. The molecule has 0 saturated heterocycles. The minimum atomic E-state index is 0. The third-order valence-corrected chi connectivity index (χ3v) is 4.18. The van der Waals surface area contributed by atoms with Crippen molar-refractivity contribution in [3.63, 3.8) is 0 Å². The second kappa shape index (κ2) is 11.4. The molecule has 2 aromatic rings. The van der Waals surface area contributed by atoms with Crippen LogP contribution in [0.1, 0.15) is 48.8 Å². The predicted molar refractivity (Wildman–Crippen MR) is 103 cm³/mol. The van der Waals surface area contributed by atoms with Crippen molar-refractivity contribution in [1.29, 1.82) is 0 Å². The summed E-state index contributed by atoms with van der Waals surface area (Å²) < 4.78 is 0. The average Bonchev–Trinajstić information content (AvgIpc) is 2.63. The molecule has 1 aliphatic rings. The summed E-state index contributed by atoms with van der Waals surface area (Å²) in [5.74, 6) is 0.659. The maximum Gasteiger partial charge on any atom is 0.00750 e. The number of benzene rings is 2. The minimum absolute atomic E-state index is 0. The topological polar surface area (TPSA) is 20.2 Å². The smallest absolute Gasteiger partial charge is 0.00750 e. The molecule has 25 heavy (non-hydrogen) atoms. The molecule has 0 bridgehead atoms. The third kappa shape index (κ3) is 6.51. The molecule has 0 saturated carbocycles. The van der Waals surface area contributed by atoms with Gasteiger partial charge in [-0.2, -0.15) is 12.1 Å². The van der Waals surface area contributed by atoms with Crippen LogP contribution < -0.4 is 0 Å². The van der Waals surface area contributed by atoms with Gasteiger partial charge < -0.3 is 11.7 Å². The summed E-state index contributed by atoms with van der Waals surface area (Å²) in [5, 5.41) is 10.3. The van der Waals surface area contributed by atoms with Crippen molar-refractivity contribution in [3.8, 4) is 5.75 Å². The largest absolute Gasteiger partial charge is 0.565 e. The molecule has 1 aliphatic carbocycles. The van der Waals surface area contributed by atoms with Crippen molar-refractivity contribution in [2.75, 3.05) is 0 Å². The van der Waals surface area contributed by atoms with Gasteiger partial charge in [0.1, 0.15) is 0 Å². The SMILES string of the molecule is CC1=CC(c2[c-]cc(/C=C/c3ccccc3)cc2O)CCC1.[CH-]=C.[Ho]. The Morgan fingerprint density at radius 2 is 1.84 bits per heavy atom. The summed E-state index contributed by atoms with van der Waals surface area (Å²) in [6.45, 7) is 9.17. The third-order valence-electron chi connectivity index (χ3n) is 4.18. The minimum Gasteiger partial charge on any atom is -0.565 e. The van der Waals surface area contributed by atoms with Crippen LogP contribution in [-0.2, 0) is 0 Å². The number of aromatic hydroxyl groups is 1. The summed E-state index contributed by atoms with van der Waals surface area (Å²) >= 11 is 0. The maximum absolute atomic E-state index is 10.3. The van der Waals surface area contributed by atoms with E-state index in [9.17, 15) is 5.11 Å². The number of phenolic OH excluding ortho intramolecular Hbond substituents is 1. The summed E-state index contributed by atoms with van der Waals surface area (Å²) in [4.78, 5) is 0. The number of rotatable bonds is 3. The monoisotopic (exact) mass is 481 g/mol. The van der Waals surface area contributed by atoms with E-state index in [1.54, 1.807) is 0 Å². The molecule has 2 aromatic carbocycles. The van der Waals surface area contributed by atoms with Crippen LogP contribution in [0.15, 0.2) is 60.7 Å². The van der Waals surface area contributed by atoms with Crippen LogP contribution in [0.5, 0.6) is 5.75 Å². The maximum atomic E-state index is 10.3. The molecule has 0 aromatic heterocycles. The van der Waals surface area contributed by atoms with Crippen LogP contribution in [0.4, 0.5) is 0 Å². The molecule has 1 nitrogen and oxygen atoms in total. The summed E-state index contributed by atoms with van der Waals surface area (Å²) in [6, 6.07) is 17.2. The van der Waals surface area contributed by atoms with E-state index in [2.05, 4.69) is 44.4 Å². The van der Waals surface area contributed by atoms with Gasteiger partial charge in [-0.1, -0.05) is 48.1 Å². The second-order valence-corrected chi connectivity index (χ2v) is 5.99. The number of hydrogen-bond donors (Lipinski definition) is 1. The molecule has 1 unspecified atom stereocenters. The Hall–Kier alpha value is -1.28. The van der Waals surface area contributed by atoms with E-state index in [1.807, 2.05) is 42.5 Å². The van der Waals surface area contributed by atoms with Crippen LogP contribution in [-0.4, -0.2) is 5.11 Å². The van der Waals surface area contributed by atoms with Gasteiger partial charge in [-0.3, -0.25) is 6.58 Å². The van der Waals surface area contributed by atoms with Gasteiger partial charge in [0.15, 0.2) is 0 Å². The van der Waals surface area contributed by atoms with Crippen molar-refractivity contribution >= 4 is 12.2 Å². The Morgan fingerprint density at radius 3 is 2.48 bits per heavy atom. The van der Waals surface area contributed by atoms with Crippen LogP contribution in [0.3, 0.4) is 0 Å². The van der Waals surface area contributed by atoms with Gasteiger partial charge >= 0.3 is 0 Å². The van der Waals surface area contributed by atoms with Gasteiger partial charge in [-0.25, -0.2) is 0 Å². The molecule has 0 aliphatic heterocycles. The van der Waals surface area contributed by atoms with Gasteiger partial charge in [0.25, 0.3) is 0 Å². The molecular formula is C23H24HoO-2. The molecule has 0 amide bonds. The Morgan fingerprint density at radius 1 is 1.16 bits per heavy atom. The summed E-state index contributed by atoms with van der Waals surface area (Å²) in [5.41, 5.74) is 4.46. The van der Waals surface area contributed by atoms with Crippen LogP contribution in [0.25, 0.3) is 12.2 Å². The number of allylic oxidation sites excluding steroid dienone is 2. The van der Waals surface area contributed by atoms with Crippen LogP contribution in [0.2, 0.25) is 0 Å². The van der Waals surface area contributed by atoms with E-state index < -0.39 is 0 Å². The molecule has 0 heterocycles. The van der Waals surface area contributed by atoms with E-state index >= 15 is 0 Å². The fourth-order valence-corrected chi connectivity index (χ4v) is 3.00. The first-order valence-corrected chi connectivity index (χ1v) is 8.28. The van der Waals surface area contributed by atoms with Gasteiger partial charge in [0.2, 0.25) is 0 Å². The van der Waals surface area contributed by atoms with Gasteiger partial charge in [-0.05, 0) is 37.7 Å². The molecule has 1 atom stereocenters. The number of hydrogen-bond acceptors (Lipinski definition) is 1. The zero-order valence-electron chi connectivity index (χ0n) is 14.5. The van der Waals surface area contributed by atoms with Crippen molar-refractivity contribution in [3.05, 3.63) is 90.0 Å². The van der Waals surface area contributed by atoms with Gasteiger partial charge in [0.05, 0.1) is 0 Å². The van der Waals surface area contributed by atoms with E-state index in [0.717, 1.165) is 23.1 Å². The summed E-state index contributed by atoms with van der Waals surface area (Å²) in [7, 11) is 0. The van der Waals surface area contributed by atoms with E-state index in [-0.39, 0.29) is 37.7 Å². The fourth-order valence-electron chi connectivity index (χ4n) is 3.00. The van der Waals surface area contributed by atoms with Gasteiger partial charge in [0, 0.05) is 43.5 Å². The quantitative estimate of drug-likeness (QED) is 0.240. The van der Waals surface area contributed by atoms with E-state index in [4.69, 9.17) is 0 Å². The molecule has 1 radical (unpaired) electrons. The van der Waals surface area contributed by atoms with Crippen molar-refractivity contribution in [2.45, 2.75) is 32.1 Å².